The molecule has 0 spiro atoms. The Bertz CT molecular complexity index is 298. The van der Waals surface area contributed by atoms with E-state index in [1.807, 2.05) is 6.07 Å². The molecule has 0 aliphatic heterocycles. The van der Waals surface area contributed by atoms with Crippen LogP contribution in [0.25, 0.3) is 0 Å². The fourth-order valence-electron chi connectivity index (χ4n) is 1.73. The van der Waals surface area contributed by atoms with Gasteiger partial charge >= 0.3 is 0 Å². The van der Waals surface area contributed by atoms with Gasteiger partial charge in [-0.1, -0.05) is 13.3 Å². The first-order valence-electron chi connectivity index (χ1n) is 5.82. The largest absolute Gasteiger partial charge is 0.399 e. The molecule has 0 fully saturated rings. The van der Waals surface area contributed by atoms with Crippen LogP contribution in [0.3, 0.4) is 0 Å². The third kappa shape index (κ3) is 4.49. The van der Waals surface area contributed by atoms with Crippen LogP contribution in [0.2, 0.25) is 0 Å². The molecule has 16 heavy (non-hydrogen) atoms. The summed E-state index contributed by atoms with van der Waals surface area (Å²) in [6, 6.07) is 3.59. The summed E-state index contributed by atoms with van der Waals surface area (Å²) < 4.78 is 0. The number of hydrogen-bond acceptors (Lipinski definition) is 4. The molecule has 1 heterocycles. The van der Waals surface area contributed by atoms with Crippen LogP contribution >= 0.6 is 0 Å². The van der Waals surface area contributed by atoms with Gasteiger partial charge in [0.1, 0.15) is 5.82 Å². The van der Waals surface area contributed by atoms with Gasteiger partial charge in [-0.05, 0) is 24.8 Å². The number of aliphatic hydroxyl groups excluding tert-OH is 1. The minimum Gasteiger partial charge on any atom is -0.399 e. The maximum atomic E-state index is 8.94. The van der Waals surface area contributed by atoms with Crippen LogP contribution < -0.4 is 11.1 Å². The highest BCUT2D eigenvalue weighted by atomic mass is 16.3. The van der Waals surface area contributed by atoms with Crippen molar-refractivity contribution in [2.24, 2.45) is 5.92 Å². The molecular formula is C12H21N3O. The minimum absolute atomic E-state index is 0.247. The Hall–Kier alpha value is -1.29. The first-order valence-corrected chi connectivity index (χ1v) is 5.82. The molecule has 0 saturated carbocycles. The Kier molecular flexibility index (Phi) is 5.64. The molecular weight excluding hydrogens is 202 g/mol. The smallest absolute Gasteiger partial charge is 0.127 e. The normalized spacial score (nSPS) is 12.4. The molecule has 1 aromatic rings. The topological polar surface area (TPSA) is 71.2 Å². The highest BCUT2D eigenvalue weighted by Gasteiger charge is 2.07. The molecule has 0 saturated heterocycles. The van der Waals surface area contributed by atoms with Gasteiger partial charge in [-0.15, -0.1) is 0 Å². The number of hydrogen-bond donors (Lipinski definition) is 3. The molecule has 4 heteroatoms. The number of aromatic nitrogens is 1. The molecule has 0 bridgehead atoms. The number of rotatable bonds is 7. The van der Waals surface area contributed by atoms with Gasteiger partial charge in [0.2, 0.25) is 0 Å². The second kappa shape index (κ2) is 7.06. The van der Waals surface area contributed by atoms with Gasteiger partial charge in [0.05, 0.1) is 0 Å². The number of nitrogens with one attached hydrogen (secondary N) is 1. The van der Waals surface area contributed by atoms with E-state index in [4.69, 9.17) is 10.8 Å². The lowest BCUT2D eigenvalue weighted by Crippen LogP contribution is -2.16. The molecule has 0 radical (unpaired) electrons. The number of nitrogens with zero attached hydrogens (tertiary/aromatic N) is 1. The summed E-state index contributed by atoms with van der Waals surface area (Å²) in [6.07, 6.45) is 4.79. The van der Waals surface area contributed by atoms with Crippen LogP contribution in [-0.4, -0.2) is 23.2 Å². The van der Waals surface area contributed by atoms with Gasteiger partial charge < -0.3 is 16.2 Å². The molecule has 90 valence electrons. The number of anilines is 2. The Morgan fingerprint density at radius 3 is 2.94 bits per heavy atom. The van der Waals surface area contributed by atoms with Crippen LogP contribution in [-0.2, 0) is 0 Å². The highest BCUT2D eigenvalue weighted by Crippen LogP contribution is 2.13. The predicted octanol–water partition coefficient (Wildman–Crippen LogP) is 1.87. The van der Waals surface area contributed by atoms with Crippen LogP contribution in [0.15, 0.2) is 18.3 Å². The van der Waals surface area contributed by atoms with E-state index < -0.39 is 0 Å². The van der Waals surface area contributed by atoms with E-state index in [-0.39, 0.29) is 6.61 Å². The van der Waals surface area contributed by atoms with Crippen molar-refractivity contribution in [1.82, 2.24) is 4.98 Å². The van der Waals surface area contributed by atoms with Crippen molar-refractivity contribution >= 4 is 11.5 Å². The van der Waals surface area contributed by atoms with Crippen LogP contribution in [0.5, 0.6) is 0 Å². The van der Waals surface area contributed by atoms with Crippen molar-refractivity contribution in [2.75, 3.05) is 24.2 Å². The van der Waals surface area contributed by atoms with E-state index in [9.17, 15) is 0 Å². The molecule has 4 N–H and O–H groups in total. The lowest BCUT2D eigenvalue weighted by molar-refractivity contribution is 0.255. The third-order valence-corrected chi connectivity index (χ3v) is 2.59. The molecule has 4 nitrogen and oxygen atoms in total. The zero-order valence-electron chi connectivity index (χ0n) is 9.82. The fraction of sp³-hybridized carbons (Fsp3) is 0.583. The monoisotopic (exact) mass is 223 g/mol. The summed E-state index contributed by atoms with van der Waals surface area (Å²) in [5, 5.41) is 12.2. The van der Waals surface area contributed by atoms with Crippen molar-refractivity contribution in [3.63, 3.8) is 0 Å². The van der Waals surface area contributed by atoms with E-state index in [0.29, 0.717) is 11.6 Å². The molecule has 0 aliphatic rings. The molecule has 1 unspecified atom stereocenters. The lowest BCUT2D eigenvalue weighted by Gasteiger charge is -2.16. The van der Waals surface area contributed by atoms with Gasteiger partial charge in [0.25, 0.3) is 0 Å². The van der Waals surface area contributed by atoms with Crippen LogP contribution in [0.4, 0.5) is 11.5 Å². The molecule has 0 aliphatic carbocycles. The number of pyridine rings is 1. The Morgan fingerprint density at radius 1 is 1.50 bits per heavy atom. The second-order valence-corrected chi connectivity index (χ2v) is 4.02. The average molecular weight is 223 g/mol. The van der Waals surface area contributed by atoms with E-state index in [2.05, 4.69) is 17.2 Å². The van der Waals surface area contributed by atoms with Gasteiger partial charge in [0.15, 0.2) is 0 Å². The fourth-order valence-corrected chi connectivity index (χ4v) is 1.73. The first-order chi connectivity index (χ1) is 7.76. The maximum Gasteiger partial charge on any atom is 0.127 e. The summed E-state index contributed by atoms with van der Waals surface area (Å²) in [5.41, 5.74) is 6.38. The maximum absolute atomic E-state index is 8.94. The summed E-state index contributed by atoms with van der Waals surface area (Å²) in [6.45, 7) is 3.24. The summed E-state index contributed by atoms with van der Waals surface area (Å²) in [4.78, 5) is 4.18. The molecule has 1 atom stereocenters. The van der Waals surface area contributed by atoms with Crippen molar-refractivity contribution in [3.05, 3.63) is 18.3 Å². The SMILES string of the molecule is CCCC(CCO)CNc1cc(N)ccn1. The predicted molar refractivity (Wildman–Crippen MR) is 67.2 cm³/mol. The number of nitrogens with two attached hydrogens (primary N) is 1. The quantitative estimate of drug-likeness (QED) is 0.660. The number of aliphatic hydroxyl groups is 1. The van der Waals surface area contributed by atoms with E-state index >= 15 is 0 Å². The van der Waals surface area contributed by atoms with Crippen molar-refractivity contribution in [3.8, 4) is 0 Å². The van der Waals surface area contributed by atoms with E-state index in [1.165, 1.54) is 0 Å². The minimum atomic E-state index is 0.247. The molecule has 1 aromatic heterocycles. The summed E-state index contributed by atoms with van der Waals surface area (Å²) in [5.74, 6) is 1.30. The molecule has 0 amide bonds. The van der Waals surface area contributed by atoms with Gasteiger partial charge in [0, 0.05) is 31.1 Å². The molecule has 1 rings (SSSR count). The Labute approximate surface area is 96.9 Å². The third-order valence-electron chi connectivity index (χ3n) is 2.59. The molecule has 0 aromatic carbocycles. The van der Waals surface area contributed by atoms with Gasteiger partial charge in [-0.25, -0.2) is 4.98 Å². The lowest BCUT2D eigenvalue weighted by atomic mass is 10.0. The van der Waals surface area contributed by atoms with E-state index in [0.717, 1.165) is 31.6 Å². The van der Waals surface area contributed by atoms with Crippen LogP contribution in [0, 0.1) is 5.92 Å². The van der Waals surface area contributed by atoms with Gasteiger partial charge in [-0.2, -0.15) is 0 Å². The number of nitrogen functional groups attached to an aromatic ring is 1. The highest BCUT2D eigenvalue weighted by molar-refractivity contribution is 5.48. The van der Waals surface area contributed by atoms with E-state index in [1.54, 1.807) is 12.3 Å². The summed E-state index contributed by atoms with van der Waals surface area (Å²) >= 11 is 0. The Morgan fingerprint density at radius 2 is 2.31 bits per heavy atom. The first kappa shape index (κ1) is 12.8. The second-order valence-electron chi connectivity index (χ2n) is 4.02. The zero-order chi connectivity index (χ0) is 11.8. The standard InChI is InChI=1S/C12H21N3O/c1-2-3-10(5-7-16)9-15-12-8-11(13)4-6-14-12/h4,6,8,10,16H,2-3,5,7,9H2,1H3,(H3,13,14,15). The van der Waals surface area contributed by atoms with Crippen molar-refractivity contribution < 1.29 is 5.11 Å². The average Bonchev–Trinajstić information content (AvgIpc) is 2.27. The zero-order valence-corrected chi connectivity index (χ0v) is 9.82. The van der Waals surface area contributed by atoms with Gasteiger partial charge in [-0.3, -0.25) is 0 Å². The van der Waals surface area contributed by atoms with Crippen LogP contribution in [0.1, 0.15) is 26.2 Å². The Balaban J connectivity index is 2.41. The van der Waals surface area contributed by atoms with Crippen molar-refractivity contribution in [1.29, 1.82) is 0 Å². The van der Waals surface area contributed by atoms with Crippen molar-refractivity contribution in [2.45, 2.75) is 26.2 Å². The summed E-state index contributed by atoms with van der Waals surface area (Å²) in [7, 11) is 0.